The minimum absolute atomic E-state index is 0.0930. The Labute approximate surface area is 190 Å². The quantitative estimate of drug-likeness (QED) is 0.516. The van der Waals surface area contributed by atoms with Crippen molar-refractivity contribution < 1.29 is 9.90 Å². The summed E-state index contributed by atoms with van der Waals surface area (Å²) in [7, 11) is 0. The summed E-state index contributed by atoms with van der Waals surface area (Å²) >= 11 is 0. The third-order valence-corrected chi connectivity index (χ3v) is 7.11. The van der Waals surface area contributed by atoms with Gasteiger partial charge in [-0.2, -0.15) is 0 Å². The van der Waals surface area contributed by atoms with E-state index < -0.39 is 6.17 Å². The highest BCUT2D eigenvalue weighted by atomic mass is 16.3. The number of aromatic nitrogens is 1. The van der Waals surface area contributed by atoms with E-state index in [-0.39, 0.29) is 24.5 Å². The monoisotopic (exact) mass is 439 g/mol. The van der Waals surface area contributed by atoms with Crippen LogP contribution in [-0.4, -0.2) is 53.9 Å². The minimum atomic E-state index is -0.445. The second-order valence-corrected chi connectivity index (χ2v) is 9.63. The Hall–Kier alpha value is -2.22. The van der Waals surface area contributed by atoms with Crippen LogP contribution >= 0.6 is 0 Å². The van der Waals surface area contributed by atoms with Crippen molar-refractivity contribution in [2.75, 3.05) is 24.6 Å². The number of nitrogens with two attached hydrogens (primary N) is 1. The number of pyridine rings is 1. The highest BCUT2D eigenvalue weighted by Gasteiger charge is 2.34. The van der Waals surface area contributed by atoms with Crippen LogP contribution in [0.2, 0.25) is 0 Å². The van der Waals surface area contributed by atoms with Gasteiger partial charge in [0.1, 0.15) is 5.82 Å². The Balaban J connectivity index is 1.57. The van der Waals surface area contributed by atoms with Crippen molar-refractivity contribution in [3.05, 3.63) is 35.9 Å². The number of para-hydroxylation sites is 1. The van der Waals surface area contributed by atoms with Gasteiger partial charge in [-0.15, -0.1) is 0 Å². The average Bonchev–Trinajstić information content (AvgIpc) is 2.79. The van der Waals surface area contributed by atoms with Gasteiger partial charge in [0.15, 0.2) is 0 Å². The van der Waals surface area contributed by atoms with Gasteiger partial charge in [0.25, 0.3) is 5.91 Å². The van der Waals surface area contributed by atoms with Crippen LogP contribution in [0, 0.1) is 11.8 Å². The summed E-state index contributed by atoms with van der Waals surface area (Å²) in [6.45, 7) is 5.65. The predicted molar refractivity (Wildman–Crippen MR) is 129 cm³/mol. The number of piperidine rings is 1. The van der Waals surface area contributed by atoms with E-state index in [0.29, 0.717) is 29.9 Å². The summed E-state index contributed by atoms with van der Waals surface area (Å²) in [5, 5.41) is 17.8. The Morgan fingerprint density at radius 3 is 2.78 bits per heavy atom. The number of aliphatic hydroxyl groups is 1. The van der Waals surface area contributed by atoms with Crippen molar-refractivity contribution in [3.63, 3.8) is 0 Å². The molecule has 2 aromatic rings. The van der Waals surface area contributed by atoms with Gasteiger partial charge in [0.2, 0.25) is 0 Å². The number of carbonyl (C=O) groups is 1. The average molecular weight is 440 g/mol. The molecular weight excluding hydrogens is 402 g/mol. The van der Waals surface area contributed by atoms with Crippen LogP contribution in [0.15, 0.2) is 30.3 Å². The van der Waals surface area contributed by atoms with Gasteiger partial charge in [-0.1, -0.05) is 38.0 Å². The first-order chi connectivity index (χ1) is 15.5. The molecule has 1 aromatic carbocycles. The maximum absolute atomic E-state index is 13.0. The fourth-order valence-corrected chi connectivity index (χ4v) is 5.27. The SMILES string of the molecule is CC(N)NC(=O)c1cc2ccccc2nc1N1CCC(NC2CCCCC2C)C(CO)C1. The van der Waals surface area contributed by atoms with Gasteiger partial charge in [0, 0.05) is 43.1 Å². The first kappa shape index (κ1) is 23.0. The molecule has 5 unspecified atom stereocenters. The molecule has 4 rings (SSSR count). The zero-order valence-corrected chi connectivity index (χ0v) is 19.3. The van der Waals surface area contributed by atoms with Gasteiger partial charge in [0.05, 0.1) is 17.2 Å². The predicted octanol–water partition coefficient (Wildman–Crippen LogP) is 2.62. The summed E-state index contributed by atoms with van der Waals surface area (Å²) in [5.74, 6) is 1.22. The molecule has 1 saturated heterocycles. The fraction of sp³-hybridized carbons (Fsp3) is 0.600. The molecule has 5 atom stereocenters. The van der Waals surface area contributed by atoms with E-state index in [9.17, 15) is 9.90 Å². The molecule has 7 heteroatoms. The van der Waals surface area contributed by atoms with Crippen LogP contribution < -0.4 is 21.3 Å². The standard InChI is InChI=1S/C25H37N5O2/c1-16-7-3-5-9-21(16)28-23-11-12-30(14-19(23)15-31)24-20(25(32)27-17(2)26)13-18-8-4-6-10-22(18)29-24/h4,6,8,10,13,16-17,19,21,23,28,31H,3,5,7,9,11-12,14-15,26H2,1-2H3,(H,27,32). The number of hydrogen-bond donors (Lipinski definition) is 4. The van der Waals surface area contributed by atoms with Gasteiger partial charge < -0.3 is 26.4 Å². The zero-order valence-electron chi connectivity index (χ0n) is 19.3. The van der Waals surface area contributed by atoms with E-state index in [1.165, 1.54) is 25.7 Å². The van der Waals surface area contributed by atoms with E-state index in [4.69, 9.17) is 10.7 Å². The van der Waals surface area contributed by atoms with Gasteiger partial charge in [-0.25, -0.2) is 4.98 Å². The van der Waals surface area contributed by atoms with Gasteiger partial charge in [-0.3, -0.25) is 4.79 Å². The van der Waals surface area contributed by atoms with Crippen molar-refractivity contribution in [1.82, 2.24) is 15.6 Å². The summed E-state index contributed by atoms with van der Waals surface area (Å²) < 4.78 is 0. The first-order valence-corrected chi connectivity index (χ1v) is 12.0. The number of rotatable bonds is 6. The molecule has 174 valence electrons. The van der Waals surface area contributed by atoms with E-state index in [1.807, 2.05) is 30.3 Å². The largest absolute Gasteiger partial charge is 0.396 e. The van der Waals surface area contributed by atoms with Crippen LogP contribution in [0.5, 0.6) is 0 Å². The maximum Gasteiger partial charge on any atom is 0.256 e. The van der Waals surface area contributed by atoms with Crippen LogP contribution in [-0.2, 0) is 0 Å². The lowest BCUT2D eigenvalue weighted by atomic mass is 9.83. The number of nitrogens with zero attached hydrogens (tertiary/aromatic N) is 2. The Bertz CT molecular complexity index is 934. The molecule has 1 aliphatic carbocycles. The fourth-order valence-electron chi connectivity index (χ4n) is 5.27. The van der Waals surface area contributed by atoms with Crippen LogP contribution in [0.3, 0.4) is 0 Å². The molecule has 2 fully saturated rings. The molecule has 0 spiro atoms. The summed E-state index contributed by atoms with van der Waals surface area (Å²) in [6, 6.07) is 10.5. The number of hydrogen-bond acceptors (Lipinski definition) is 6. The van der Waals surface area contributed by atoms with E-state index >= 15 is 0 Å². The smallest absolute Gasteiger partial charge is 0.256 e. The summed E-state index contributed by atoms with van der Waals surface area (Å²) in [5.41, 5.74) is 7.22. The molecular formula is C25H37N5O2. The highest BCUT2D eigenvalue weighted by molar-refractivity contribution is 6.02. The number of nitrogens with one attached hydrogen (secondary N) is 2. The van der Waals surface area contributed by atoms with Crippen LogP contribution in [0.25, 0.3) is 10.9 Å². The molecule has 0 radical (unpaired) electrons. The Morgan fingerprint density at radius 2 is 2.03 bits per heavy atom. The number of carbonyl (C=O) groups excluding carboxylic acids is 1. The molecule has 1 saturated carbocycles. The van der Waals surface area contributed by atoms with Crippen LogP contribution in [0.4, 0.5) is 5.82 Å². The third kappa shape index (κ3) is 5.05. The molecule has 5 N–H and O–H groups in total. The minimum Gasteiger partial charge on any atom is -0.396 e. The van der Waals surface area contributed by atoms with Crippen molar-refractivity contribution in [3.8, 4) is 0 Å². The number of fused-ring (bicyclic) bond motifs is 1. The molecule has 32 heavy (non-hydrogen) atoms. The van der Waals surface area contributed by atoms with E-state index in [1.54, 1.807) is 6.92 Å². The van der Waals surface area contributed by atoms with E-state index in [0.717, 1.165) is 23.9 Å². The van der Waals surface area contributed by atoms with Crippen molar-refractivity contribution in [2.24, 2.45) is 17.6 Å². The lowest BCUT2D eigenvalue weighted by Crippen LogP contribution is -2.55. The molecule has 0 bridgehead atoms. The van der Waals surface area contributed by atoms with Crippen molar-refractivity contribution in [1.29, 1.82) is 0 Å². The molecule has 1 aliphatic heterocycles. The number of anilines is 1. The molecule has 2 heterocycles. The second kappa shape index (κ2) is 10.1. The number of amides is 1. The molecule has 7 nitrogen and oxygen atoms in total. The lowest BCUT2D eigenvalue weighted by molar-refractivity contribution is 0.0941. The van der Waals surface area contributed by atoms with Crippen LogP contribution in [0.1, 0.15) is 56.3 Å². The Kier molecular flexibility index (Phi) is 7.28. The second-order valence-electron chi connectivity index (χ2n) is 9.63. The molecule has 1 aromatic heterocycles. The summed E-state index contributed by atoms with van der Waals surface area (Å²) in [4.78, 5) is 20.0. The van der Waals surface area contributed by atoms with Crippen molar-refractivity contribution in [2.45, 2.75) is 64.2 Å². The normalized spacial score (nSPS) is 27.3. The third-order valence-electron chi connectivity index (χ3n) is 7.11. The van der Waals surface area contributed by atoms with Gasteiger partial charge >= 0.3 is 0 Å². The number of benzene rings is 1. The van der Waals surface area contributed by atoms with Gasteiger partial charge in [-0.05, 0) is 44.2 Å². The maximum atomic E-state index is 13.0. The van der Waals surface area contributed by atoms with E-state index in [2.05, 4.69) is 22.5 Å². The number of aliphatic hydroxyl groups excluding tert-OH is 1. The zero-order chi connectivity index (χ0) is 22.7. The summed E-state index contributed by atoms with van der Waals surface area (Å²) in [6.07, 6.45) is 5.56. The molecule has 2 aliphatic rings. The topological polar surface area (TPSA) is 104 Å². The first-order valence-electron chi connectivity index (χ1n) is 12.0. The highest BCUT2D eigenvalue weighted by Crippen LogP contribution is 2.30. The lowest BCUT2D eigenvalue weighted by Gasteiger charge is -2.42. The van der Waals surface area contributed by atoms with Crippen molar-refractivity contribution >= 4 is 22.6 Å². The Morgan fingerprint density at radius 1 is 1.25 bits per heavy atom. The molecule has 1 amide bonds.